The van der Waals surface area contributed by atoms with E-state index in [4.69, 9.17) is 9.15 Å². The van der Waals surface area contributed by atoms with Crippen LogP contribution in [0, 0.1) is 13.8 Å². The summed E-state index contributed by atoms with van der Waals surface area (Å²) < 4.78 is 10.4. The smallest absolute Gasteiger partial charge is 0.259 e. The zero-order valence-electron chi connectivity index (χ0n) is 10.6. The Balaban J connectivity index is 2.27. The molecule has 0 aliphatic heterocycles. The molecule has 0 spiro atoms. The number of hydrogen-bond donors (Lipinski definition) is 1. The molecule has 94 valence electrons. The Kier molecular flexibility index (Phi) is 3.37. The molecule has 0 aliphatic carbocycles. The first kappa shape index (κ1) is 12.2. The molecule has 2 aromatic rings. The first-order valence-corrected chi connectivity index (χ1v) is 5.62. The van der Waals surface area contributed by atoms with Gasteiger partial charge in [-0.3, -0.25) is 4.79 Å². The van der Waals surface area contributed by atoms with Crippen LogP contribution in [0.1, 0.15) is 21.7 Å². The van der Waals surface area contributed by atoms with Gasteiger partial charge in [0.25, 0.3) is 5.91 Å². The molecule has 2 rings (SSSR count). The van der Waals surface area contributed by atoms with E-state index in [1.807, 2.05) is 19.1 Å². The van der Waals surface area contributed by atoms with E-state index in [0.717, 1.165) is 5.56 Å². The number of anilines is 1. The summed E-state index contributed by atoms with van der Waals surface area (Å²) in [6.45, 7) is 3.61. The SMILES string of the molecule is COc1ccccc1NC(=O)c1c(C)coc1C. The Bertz CT molecular complexity index is 553. The number of hydrogen-bond acceptors (Lipinski definition) is 3. The van der Waals surface area contributed by atoms with Crippen molar-refractivity contribution in [3.05, 3.63) is 47.4 Å². The third-order valence-electron chi connectivity index (χ3n) is 2.74. The van der Waals surface area contributed by atoms with Gasteiger partial charge < -0.3 is 14.5 Å². The van der Waals surface area contributed by atoms with E-state index in [-0.39, 0.29) is 5.91 Å². The first-order chi connectivity index (χ1) is 8.63. The number of amides is 1. The summed E-state index contributed by atoms with van der Waals surface area (Å²) >= 11 is 0. The maximum Gasteiger partial charge on any atom is 0.259 e. The van der Waals surface area contributed by atoms with Gasteiger partial charge in [0.1, 0.15) is 11.5 Å². The van der Waals surface area contributed by atoms with Crippen LogP contribution in [0.5, 0.6) is 5.75 Å². The Labute approximate surface area is 106 Å². The van der Waals surface area contributed by atoms with Gasteiger partial charge in [-0.1, -0.05) is 12.1 Å². The fraction of sp³-hybridized carbons (Fsp3) is 0.214. The van der Waals surface area contributed by atoms with Crippen molar-refractivity contribution in [2.24, 2.45) is 0 Å². The molecule has 0 saturated heterocycles. The van der Waals surface area contributed by atoms with Gasteiger partial charge in [0.05, 0.1) is 24.6 Å². The van der Waals surface area contributed by atoms with Crippen LogP contribution in [0.3, 0.4) is 0 Å². The molecule has 0 bridgehead atoms. The number of carbonyl (C=O) groups excluding carboxylic acids is 1. The molecule has 1 amide bonds. The highest BCUT2D eigenvalue weighted by atomic mass is 16.5. The number of ether oxygens (including phenoxy) is 1. The first-order valence-electron chi connectivity index (χ1n) is 5.62. The number of benzene rings is 1. The summed E-state index contributed by atoms with van der Waals surface area (Å²) in [5.74, 6) is 1.05. The second-order valence-electron chi connectivity index (χ2n) is 4.00. The summed E-state index contributed by atoms with van der Waals surface area (Å²) in [5, 5.41) is 2.82. The monoisotopic (exact) mass is 245 g/mol. The lowest BCUT2D eigenvalue weighted by Crippen LogP contribution is -2.14. The highest BCUT2D eigenvalue weighted by Crippen LogP contribution is 2.25. The fourth-order valence-corrected chi connectivity index (χ4v) is 1.84. The molecular weight excluding hydrogens is 230 g/mol. The standard InChI is InChI=1S/C14H15NO3/c1-9-8-18-10(2)13(9)14(16)15-11-6-4-5-7-12(11)17-3/h4-8H,1-3H3,(H,15,16). The number of aryl methyl sites for hydroxylation is 2. The summed E-state index contributed by atoms with van der Waals surface area (Å²) in [7, 11) is 1.57. The van der Waals surface area contributed by atoms with E-state index < -0.39 is 0 Å². The van der Waals surface area contributed by atoms with Crippen LogP contribution in [0.15, 0.2) is 34.9 Å². The Morgan fingerprint density at radius 2 is 2.00 bits per heavy atom. The van der Waals surface area contributed by atoms with Crippen molar-refractivity contribution in [1.82, 2.24) is 0 Å². The fourth-order valence-electron chi connectivity index (χ4n) is 1.84. The summed E-state index contributed by atoms with van der Waals surface area (Å²) in [6.07, 6.45) is 1.58. The number of nitrogens with one attached hydrogen (secondary N) is 1. The maximum absolute atomic E-state index is 12.2. The van der Waals surface area contributed by atoms with Crippen molar-refractivity contribution < 1.29 is 13.9 Å². The zero-order chi connectivity index (χ0) is 13.1. The third-order valence-corrected chi connectivity index (χ3v) is 2.74. The molecule has 1 aromatic heterocycles. The van der Waals surface area contributed by atoms with Crippen LogP contribution in [-0.4, -0.2) is 13.0 Å². The van der Waals surface area contributed by atoms with Gasteiger partial charge in [0, 0.05) is 5.56 Å². The van der Waals surface area contributed by atoms with Crippen LogP contribution < -0.4 is 10.1 Å². The van der Waals surface area contributed by atoms with Gasteiger partial charge in [-0.25, -0.2) is 0 Å². The van der Waals surface area contributed by atoms with Crippen molar-refractivity contribution in [3.63, 3.8) is 0 Å². The highest BCUT2D eigenvalue weighted by Gasteiger charge is 2.16. The van der Waals surface area contributed by atoms with Crippen molar-refractivity contribution in [1.29, 1.82) is 0 Å². The second-order valence-corrected chi connectivity index (χ2v) is 4.00. The molecule has 1 aromatic carbocycles. The topological polar surface area (TPSA) is 51.5 Å². The molecule has 18 heavy (non-hydrogen) atoms. The van der Waals surface area contributed by atoms with E-state index in [0.29, 0.717) is 22.8 Å². The lowest BCUT2D eigenvalue weighted by molar-refractivity contribution is 0.102. The quantitative estimate of drug-likeness (QED) is 0.903. The van der Waals surface area contributed by atoms with E-state index in [1.54, 1.807) is 32.4 Å². The summed E-state index contributed by atoms with van der Waals surface area (Å²) in [6, 6.07) is 7.28. The van der Waals surface area contributed by atoms with Crippen LogP contribution in [-0.2, 0) is 0 Å². The average molecular weight is 245 g/mol. The summed E-state index contributed by atoms with van der Waals surface area (Å²) in [4.78, 5) is 12.2. The lowest BCUT2D eigenvalue weighted by Gasteiger charge is -2.09. The zero-order valence-corrected chi connectivity index (χ0v) is 10.6. The molecule has 4 heteroatoms. The van der Waals surface area contributed by atoms with Gasteiger partial charge in [-0.2, -0.15) is 0 Å². The minimum atomic E-state index is -0.191. The molecule has 0 unspecified atom stereocenters. The lowest BCUT2D eigenvalue weighted by atomic mass is 10.1. The molecule has 1 N–H and O–H groups in total. The Morgan fingerprint density at radius 3 is 2.61 bits per heavy atom. The molecule has 0 fully saturated rings. The Morgan fingerprint density at radius 1 is 1.28 bits per heavy atom. The molecular formula is C14H15NO3. The average Bonchev–Trinajstić information content (AvgIpc) is 2.69. The number of carbonyl (C=O) groups is 1. The molecule has 0 saturated carbocycles. The summed E-state index contributed by atoms with van der Waals surface area (Å²) in [5.41, 5.74) is 2.03. The van der Waals surface area contributed by atoms with Gasteiger partial charge in [0.15, 0.2) is 0 Å². The van der Waals surface area contributed by atoms with Crippen molar-refractivity contribution in [2.75, 3.05) is 12.4 Å². The number of furan rings is 1. The number of rotatable bonds is 3. The molecule has 0 atom stereocenters. The van der Waals surface area contributed by atoms with Crippen LogP contribution >= 0.6 is 0 Å². The number of para-hydroxylation sites is 2. The van der Waals surface area contributed by atoms with E-state index in [9.17, 15) is 4.79 Å². The molecule has 0 aliphatic rings. The predicted molar refractivity (Wildman–Crippen MR) is 69.1 cm³/mol. The normalized spacial score (nSPS) is 10.2. The maximum atomic E-state index is 12.2. The van der Waals surface area contributed by atoms with Crippen LogP contribution in [0.4, 0.5) is 5.69 Å². The van der Waals surface area contributed by atoms with Crippen LogP contribution in [0.25, 0.3) is 0 Å². The minimum Gasteiger partial charge on any atom is -0.495 e. The minimum absolute atomic E-state index is 0.191. The Hall–Kier alpha value is -2.23. The van der Waals surface area contributed by atoms with Gasteiger partial charge in [-0.05, 0) is 26.0 Å². The molecule has 4 nitrogen and oxygen atoms in total. The molecule has 1 heterocycles. The highest BCUT2D eigenvalue weighted by molar-refractivity contribution is 6.06. The van der Waals surface area contributed by atoms with E-state index in [1.165, 1.54) is 0 Å². The van der Waals surface area contributed by atoms with Gasteiger partial charge in [0.2, 0.25) is 0 Å². The van der Waals surface area contributed by atoms with Crippen molar-refractivity contribution in [2.45, 2.75) is 13.8 Å². The third kappa shape index (κ3) is 2.22. The molecule has 0 radical (unpaired) electrons. The van der Waals surface area contributed by atoms with Gasteiger partial charge in [-0.15, -0.1) is 0 Å². The van der Waals surface area contributed by atoms with E-state index in [2.05, 4.69) is 5.32 Å². The van der Waals surface area contributed by atoms with Gasteiger partial charge >= 0.3 is 0 Å². The predicted octanol–water partition coefficient (Wildman–Crippen LogP) is 3.16. The van der Waals surface area contributed by atoms with Crippen molar-refractivity contribution in [3.8, 4) is 5.75 Å². The largest absolute Gasteiger partial charge is 0.495 e. The van der Waals surface area contributed by atoms with Crippen molar-refractivity contribution >= 4 is 11.6 Å². The second kappa shape index (κ2) is 4.96. The van der Waals surface area contributed by atoms with E-state index >= 15 is 0 Å². The van der Waals surface area contributed by atoms with Crippen LogP contribution in [0.2, 0.25) is 0 Å². The number of methoxy groups -OCH3 is 1.